The summed E-state index contributed by atoms with van der Waals surface area (Å²) < 4.78 is 70.4. The Morgan fingerprint density at radius 3 is 2.58 bits per heavy atom. The summed E-state index contributed by atoms with van der Waals surface area (Å²) in [6.45, 7) is 1.91. The van der Waals surface area contributed by atoms with Gasteiger partial charge >= 0.3 is 15.6 Å². The Bertz CT molecular complexity index is 1460. The van der Waals surface area contributed by atoms with Crippen molar-refractivity contribution in [1.29, 1.82) is 0 Å². The third-order valence-electron chi connectivity index (χ3n) is 5.30. The van der Waals surface area contributed by atoms with Crippen LogP contribution in [0.3, 0.4) is 0 Å². The largest absolute Gasteiger partial charge is 0.534 e. The Morgan fingerprint density at radius 2 is 1.85 bits per heavy atom. The molecule has 0 bridgehead atoms. The lowest BCUT2D eigenvalue weighted by atomic mass is 9.94. The van der Waals surface area contributed by atoms with Gasteiger partial charge in [0.1, 0.15) is 11.4 Å². The molecule has 6 nitrogen and oxygen atoms in total. The van der Waals surface area contributed by atoms with E-state index in [2.05, 4.69) is 9.34 Å². The van der Waals surface area contributed by atoms with Crippen molar-refractivity contribution in [2.45, 2.75) is 25.3 Å². The Labute approximate surface area is 190 Å². The van der Waals surface area contributed by atoms with Crippen molar-refractivity contribution in [3.05, 3.63) is 65.4 Å². The molecule has 1 aliphatic carbocycles. The van der Waals surface area contributed by atoms with Gasteiger partial charge in [0.15, 0.2) is 10.8 Å². The number of thiazole rings is 1. The molecule has 2 aromatic carbocycles. The molecular weight excluding hydrogens is 477 g/mol. The van der Waals surface area contributed by atoms with Gasteiger partial charge in [0.05, 0.1) is 10.6 Å². The second-order valence-corrected chi connectivity index (χ2v) is 9.99. The molecule has 0 saturated heterocycles. The van der Waals surface area contributed by atoms with E-state index in [0.29, 0.717) is 29.2 Å². The van der Waals surface area contributed by atoms with Crippen molar-refractivity contribution < 1.29 is 30.3 Å². The number of hydrogen-bond acceptors (Lipinski definition) is 7. The first kappa shape index (κ1) is 21.7. The molecule has 0 aliphatic heterocycles. The minimum atomic E-state index is -5.72. The Morgan fingerprint density at radius 1 is 1.09 bits per heavy atom. The highest BCUT2D eigenvalue weighted by Gasteiger charge is 2.48. The van der Waals surface area contributed by atoms with E-state index in [4.69, 9.17) is 9.51 Å². The molecule has 170 valence electrons. The van der Waals surface area contributed by atoms with Crippen molar-refractivity contribution in [3.63, 3.8) is 0 Å². The molecule has 0 unspecified atom stereocenters. The molecule has 0 saturated carbocycles. The van der Waals surface area contributed by atoms with E-state index in [1.54, 1.807) is 6.07 Å². The van der Waals surface area contributed by atoms with Gasteiger partial charge in [-0.2, -0.15) is 21.6 Å². The average molecular weight is 493 g/mol. The molecule has 33 heavy (non-hydrogen) atoms. The van der Waals surface area contributed by atoms with Crippen LogP contribution in [0.25, 0.3) is 32.5 Å². The second-order valence-electron chi connectivity index (χ2n) is 7.45. The monoisotopic (exact) mass is 492 g/mol. The molecule has 0 radical (unpaired) electrons. The van der Waals surface area contributed by atoms with Crippen LogP contribution >= 0.6 is 11.3 Å². The highest BCUT2D eigenvalue weighted by molar-refractivity contribution is 7.88. The van der Waals surface area contributed by atoms with E-state index in [-0.39, 0.29) is 5.75 Å². The van der Waals surface area contributed by atoms with Crippen LogP contribution in [0.1, 0.15) is 16.8 Å². The van der Waals surface area contributed by atoms with Crippen LogP contribution in [0.15, 0.2) is 53.1 Å². The second kappa shape index (κ2) is 7.70. The van der Waals surface area contributed by atoms with E-state index in [0.717, 1.165) is 33.0 Å². The van der Waals surface area contributed by atoms with E-state index < -0.39 is 15.6 Å². The van der Waals surface area contributed by atoms with E-state index >= 15 is 0 Å². The smallest absolute Gasteiger partial charge is 0.376 e. The van der Waals surface area contributed by atoms with E-state index in [1.165, 1.54) is 23.5 Å². The molecule has 0 N–H and O–H groups in total. The molecular formula is C22H15F3N2O4S2. The summed E-state index contributed by atoms with van der Waals surface area (Å²) in [6.07, 6.45) is 1.03. The van der Waals surface area contributed by atoms with Gasteiger partial charge in [0.2, 0.25) is 0 Å². The maximum atomic E-state index is 12.6. The van der Waals surface area contributed by atoms with Crippen LogP contribution in [0.5, 0.6) is 5.75 Å². The lowest BCUT2D eigenvalue weighted by Gasteiger charge is -2.16. The van der Waals surface area contributed by atoms with E-state index in [1.807, 2.05) is 37.3 Å². The van der Waals surface area contributed by atoms with Gasteiger partial charge in [-0.15, -0.1) is 11.3 Å². The zero-order valence-corrected chi connectivity index (χ0v) is 18.6. The van der Waals surface area contributed by atoms with Gasteiger partial charge in [-0.1, -0.05) is 35.5 Å². The fourth-order valence-electron chi connectivity index (χ4n) is 3.71. The van der Waals surface area contributed by atoms with Crippen molar-refractivity contribution in [3.8, 4) is 38.2 Å². The minimum absolute atomic E-state index is 0.377. The standard InChI is InChI=1S/C22H15F3N2O4S2/c1-12-18(13-5-3-2-4-6-13)27-30-19(12)21-26-17-10-7-14-11-15(8-9-16(14)20(17)32-21)31-33(28,29)22(23,24)25/h2-6,8-9,11H,7,10H2,1H3. The molecule has 0 fully saturated rings. The molecule has 5 rings (SSSR count). The SMILES string of the molecule is Cc1c(-c2ccccc2)noc1-c1nc2c(s1)-c1ccc(OS(=O)(=O)C(F)(F)F)cc1CC2. The lowest BCUT2D eigenvalue weighted by Crippen LogP contribution is -2.28. The van der Waals surface area contributed by atoms with Crippen molar-refractivity contribution in [2.24, 2.45) is 0 Å². The summed E-state index contributed by atoms with van der Waals surface area (Å²) in [5, 5.41) is 4.86. The summed E-state index contributed by atoms with van der Waals surface area (Å²) in [4.78, 5) is 5.57. The molecule has 1 aliphatic rings. The van der Waals surface area contributed by atoms with Crippen LogP contribution in [0, 0.1) is 6.92 Å². The number of rotatable bonds is 4. The Balaban J connectivity index is 1.48. The molecule has 0 spiro atoms. The van der Waals surface area contributed by atoms with Gasteiger partial charge in [0.25, 0.3) is 0 Å². The zero-order valence-electron chi connectivity index (χ0n) is 17.0. The summed E-state index contributed by atoms with van der Waals surface area (Å²) in [6, 6.07) is 13.7. The number of hydrogen-bond donors (Lipinski definition) is 0. The molecule has 4 aromatic rings. The fourth-order valence-corrected chi connectivity index (χ4v) is 5.36. The predicted molar refractivity (Wildman–Crippen MR) is 116 cm³/mol. The highest BCUT2D eigenvalue weighted by atomic mass is 32.2. The van der Waals surface area contributed by atoms with Crippen LogP contribution in [0.2, 0.25) is 0 Å². The van der Waals surface area contributed by atoms with Crippen LogP contribution in [0.4, 0.5) is 13.2 Å². The van der Waals surface area contributed by atoms with Gasteiger partial charge in [0, 0.05) is 11.1 Å². The third kappa shape index (κ3) is 3.80. The normalized spacial score (nSPS) is 13.5. The quantitative estimate of drug-likeness (QED) is 0.266. The van der Waals surface area contributed by atoms with Gasteiger partial charge < -0.3 is 8.71 Å². The first-order valence-corrected chi connectivity index (χ1v) is 12.0. The van der Waals surface area contributed by atoms with Crippen molar-refractivity contribution in [2.75, 3.05) is 0 Å². The maximum absolute atomic E-state index is 12.6. The first-order chi connectivity index (χ1) is 15.6. The molecule has 0 atom stereocenters. The maximum Gasteiger partial charge on any atom is 0.534 e. The topological polar surface area (TPSA) is 82.3 Å². The minimum Gasteiger partial charge on any atom is -0.376 e. The van der Waals surface area contributed by atoms with Gasteiger partial charge in [-0.05, 0) is 49.1 Å². The summed E-state index contributed by atoms with van der Waals surface area (Å²) in [5.41, 5.74) is -0.672. The molecule has 2 heterocycles. The van der Waals surface area contributed by atoms with Gasteiger partial charge in [-0.3, -0.25) is 0 Å². The number of nitrogens with zero attached hydrogens (tertiary/aromatic N) is 2. The zero-order chi connectivity index (χ0) is 23.4. The number of aromatic nitrogens is 2. The lowest BCUT2D eigenvalue weighted by molar-refractivity contribution is -0.0500. The first-order valence-electron chi connectivity index (χ1n) is 9.80. The van der Waals surface area contributed by atoms with Crippen LogP contribution in [-0.4, -0.2) is 24.1 Å². The van der Waals surface area contributed by atoms with Crippen LogP contribution < -0.4 is 4.18 Å². The number of fused-ring (bicyclic) bond motifs is 3. The third-order valence-corrected chi connectivity index (χ3v) is 7.41. The summed E-state index contributed by atoms with van der Waals surface area (Å²) in [5.74, 6) is 0.184. The van der Waals surface area contributed by atoms with E-state index in [9.17, 15) is 21.6 Å². The van der Waals surface area contributed by atoms with Crippen molar-refractivity contribution in [1.82, 2.24) is 10.1 Å². The Kier molecular flexibility index (Phi) is 5.05. The molecule has 11 heteroatoms. The summed E-state index contributed by atoms with van der Waals surface area (Å²) in [7, 11) is -5.72. The molecule has 2 aromatic heterocycles. The van der Waals surface area contributed by atoms with Crippen LogP contribution in [-0.2, 0) is 23.0 Å². The predicted octanol–water partition coefficient (Wildman–Crippen LogP) is 5.77. The number of benzene rings is 2. The highest BCUT2D eigenvalue weighted by Crippen LogP contribution is 2.43. The number of alkyl halides is 3. The number of aryl methyl sites for hydroxylation is 2. The fraction of sp³-hybridized carbons (Fsp3) is 0.182. The van der Waals surface area contributed by atoms with Crippen molar-refractivity contribution >= 4 is 21.5 Å². The van der Waals surface area contributed by atoms with Gasteiger partial charge in [-0.25, -0.2) is 4.98 Å². The average Bonchev–Trinajstić information content (AvgIpc) is 3.36. The Hall–Kier alpha value is -3.18. The number of halogens is 3. The summed E-state index contributed by atoms with van der Waals surface area (Å²) >= 11 is 1.39. The molecule has 0 amide bonds.